The van der Waals surface area contributed by atoms with Gasteiger partial charge in [-0.3, -0.25) is 9.59 Å². The molecule has 3 saturated carbocycles. The van der Waals surface area contributed by atoms with E-state index >= 15 is 0 Å². The maximum Gasteiger partial charge on any atom is 0.151 e. The van der Waals surface area contributed by atoms with Gasteiger partial charge in [0.15, 0.2) is 5.78 Å². The van der Waals surface area contributed by atoms with Crippen LogP contribution in [-0.2, 0) is 9.59 Å². The van der Waals surface area contributed by atoms with E-state index in [0.717, 1.165) is 34.9 Å². The normalized spacial score (nSPS) is 34.0. The number of benzene rings is 1. The van der Waals surface area contributed by atoms with Crippen molar-refractivity contribution in [2.24, 2.45) is 23.7 Å². The molecule has 1 aromatic carbocycles. The minimum absolute atomic E-state index is 0.0340. The Morgan fingerprint density at radius 1 is 0.889 bits per heavy atom. The number of hydrogen-bond acceptors (Lipinski definition) is 2. The van der Waals surface area contributed by atoms with Gasteiger partial charge in [-0.05, 0) is 68.1 Å². The summed E-state index contributed by atoms with van der Waals surface area (Å²) in [5, 5.41) is 0. The minimum Gasteiger partial charge on any atom is -0.298 e. The third kappa shape index (κ3) is 3.52. The first-order valence-corrected chi connectivity index (χ1v) is 11.1. The van der Waals surface area contributed by atoms with E-state index in [1.54, 1.807) is 0 Å². The van der Waals surface area contributed by atoms with Gasteiger partial charge in [-0.1, -0.05) is 56.2 Å². The summed E-state index contributed by atoms with van der Waals surface area (Å²) in [6.45, 7) is 6.18. The number of ketones is 2. The molecule has 3 fully saturated rings. The van der Waals surface area contributed by atoms with E-state index in [2.05, 4.69) is 32.9 Å². The Hall–Kier alpha value is -1.44. The molecule has 2 heteroatoms. The van der Waals surface area contributed by atoms with E-state index in [9.17, 15) is 9.59 Å². The van der Waals surface area contributed by atoms with Crippen molar-refractivity contribution in [1.82, 2.24) is 0 Å². The molecule has 5 atom stereocenters. The van der Waals surface area contributed by atoms with Crippen LogP contribution in [-0.4, -0.2) is 11.6 Å². The molecule has 0 spiro atoms. The van der Waals surface area contributed by atoms with Crippen molar-refractivity contribution in [2.75, 3.05) is 0 Å². The van der Waals surface area contributed by atoms with Crippen LogP contribution in [0.15, 0.2) is 12.1 Å². The topological polar surface area (TPSA) is 34.1 Å². The molecule has 5 unspecified atom stereocenters. The van der Waals surface area contributed by atoms with Crippen molar-refractivity contribution in [3.05, 3.63) is 34.4 Å². The van der Waals surface area contributed by atoms with E-state index < -0.39 is 5.92 Å². The van der Waals surface area contributed by atoms with Gasteiger partial charge in [0.1, 0.15) is 11.7 Å². The Morgan fingerprint density at radius 3 is 2.30 bits per heavy atom. The van der Waals surface area contributed by atoms with Gasteiger partial charge in [0.05, 0.1) is 0 Å². The van der Waals surface area contributed by atoms with E-state index in [0.29, 0.717) is 12.3 Å². The molecule has 0 N–H and O–H groups in total. The number of Topliss-reactive ketones (excluding diaryl/α,β-unsaturated/α-hetero) is 2. The van der Waals surface area contributed by atoms with Gasteiger partial charge in [-0.2, -0.15) is 0 Å². The highest BCUT2D eigenvalue weighted by Crippen LogP contribution is 2.48. The highest BCUT2D eigenvalue weighted by atomic mass is 16.2. The fraction of sp³-hybridized carbons (Fsp3) is 0.680. The quantitative estimate of drug-likeness (QED) is 0.629. The number of carbonyl (C=O) groups excluding carboxylic acids is 2. The molecular formula is C25H34O2. The van der Waals surface area contributed by atoms with Crippen LogP contribution in [0.25, 0.3) is 0 Å². The molecule has 3 aliphatic rings. The summed E-state index contributed by atoms with van der Waals surface area (Å²) in [4.78, 5) is 26.2. The smallest absolute Gasteiger partial charge is 0.151 e. The summed E-state index contributed by atoms with van der Waals surface area (Å²) in [5.74, 6) is 2.22. The average Bonchev–Trinajstić information content (AvgIpc) is 2.89. The molecule has 4 rings (SSSR count). The molecule has 27 heavy (non-hydrogen) atoms. The second-order valence-electron chi connectivity index (χ2n) is 9.65. The van der Waals surface area contributed by atoms with Crippen molar-refractivity contribution in [1.29, 1.82) is 0 Å². The Bertz CT molecular complexity index is 722. The maximum atomic E-state index is 13.3. The minimum atomic E-state index is -0.499. The molecule has 0 bridgehead atoms. The highest BCUT2D eigenvalue weighted by Gasteiger charge is 2.45. The fourth-order valence-corrected chi connectivity index (χ4v) is 6.73. The lowest BCUT2D eigenvalue weighted by atomic mass is 9.63. The Labute approximate surface area is 164 Å². The molecule has 2 nitrogen and oxygen atoms in total. The maximum absolute atomic E-state index is 13.3. The predicted molar refractivity (Wildman–Crippen MR) is 109 cm³/mol. The van der Waals surface area contributed by atoms with Gasteiger partial charge >= 0.3 is 0 Å². The van der Waals surface area contributed by atoms with Crippen LogP contribution < -0.4 is 0 Å². The van der Waals surface area contributed by atoms with Crippen molar-refractivity contribution < 1.29 is 9.59 Å². The van der Waals surface area contributed by atoms with E-state index in [4.69, 9.17) is 0 Å². The summed E-state index contributed by atoms with van der Waals surface area (Å²) in [7, 11) is 0. The van der Waals surface area contributed by atoms with Crippen LogP contribution >= 0.6 is 0 Å². The molecule has 0 amide bonds. The summed E-state index contributed by atoms with van der Waals surface area (Å²) in [6.07, 6.45) is 10.9. The summed E-state index contributed by atoms with van der Waals surface area (Å²) in [6, 6.07) is 4.23. The number of rotatable bonds is 3. The van der Waals surface area contributed by atoms with Crippen molar-refractivity contribution in [3.63, 3.8) is 0 Å². The first kappa shape index (κ1) is 18.9. The first-order chi connectivity index (χ1) is 13.0. The Morgan fingerprint density at radius 2 is 1.56 bits per heavy atom. The van der Waals surface area contributed by atoms with Crippen molar-refractivity contribution in [2.45, 2.75) is 84.5 Å². The third-order valence-corrected chi connectivity index (χ3v) is 7.79. The molecular weight excluding hydrogens is 332 g/mol. The van der Waals surface area contributed by atoms with Gasteiger partial charge in [0.2, 0.25) is 0 Å². The highest BCUT2D eigenvalue weighted by molar-refractivity contribution is 6.15. The average molecular weight is 367 g/mol. The van der Waals surface area contributed by atoms with Crippen LogP contribution in [0, 0.1) is 44.4 Å². The molecule has 0 aliphatic heterocycles. The van der Waals surface area contributed by atoms with Gasteiger partial charge in [-0.25, -0.2) is 0 Å². The Kier molecular flexibility index (Phi) is 5.27. The van der Waals surface area contributed by atoms with Gasteiger partial charge in [0, 0.05) is 12.3 Å². The molecule has 0 saturated heterocycles. The zero-order chi connectivity index (χ0) is 19.1. The number of carbonyl (C=O) groups is 2. The molecule has 0 heterocycles. The van der Waals surface area contributed by atoms with E-state index in [1.807, 2.05) is 0 Å². The van der Waals surface area contributed by atoms with Gasteiger partial charge in [0.25, 0.3) is 0 Å². The van der Waals surface area contributed by atoms with Crippen molar-refractivity contribution >= 4 is 11.6 Å². The number of hydrogen-bond donors (Lipinski definition) is 0. The largest absolute Gasteiger partial charge is 0.298 e. The summed E-state index contributed by atoms with van der Waals surface area (Å²) in [5.41, 5.74) is 4.40. The standard InChI is InChI=1S/C25H34O2/c1-15-11-16(2)23(17(3)12-15)24-22(26)14-20(25(24)27)13-19-9-6-8-18-7-4-5-10-21(18)19/h11-12,18-21,24H,4-10,13-14H2,1-3H3. The van der Waals surface area contributed by atoms with Gasteiger partial charge in [-0.15, -0.1) is 0 Å². The van der Waals surface area contributed by atoms with E-state index in [-0.39, 0.29) is 17.5 Å². The van der Waals surface area contributed by atoms with Gasteiger partial charge < -0.3 is 0 Å². The monoisotopic (exact) mass is 366 g/mol. The van der Waals surface area contributed by atoms with Crippen LogP contribution in [0.4, 0.5) is 0 Å². The summed E-state index contributed by atoms with van der Waals surface area (Å²) < 4.78 is 0. The zero-order valence-corrected chi connectivity index (χ0v) is 17.2. The Balaban J connectivity index is 1.53. The molecule has 146 valence electrons. The van der Waals surface area contributed by atoms with Crippen LogP contribution in [0.3, 0.4) is 0 Å². The molecule has 1 aromatic rings. The SMILES string of the molecule is Cc1cc(C)c(C2C(=O)CC(CC3CCCC4CCCCC43)C2=O)c(C)c1. The lowest BCUT2D eigenvalue weighted by molar-refractivity contribution is -0.125. The molecule has 0 radical (unpaired) electrons. The predicted octanol–water partition coefficient (Wildman–Crippen LogP) is 5.85. The summed E-state index contributed by atoms with van der Waals surface area (Å²) >= 11 is 0. The van der Waals surface area contributed by atoms with E-state index in [1.165, 1.54) is 50.5 Å². The van der Waals surface area contributed by atoms with Crippen LogP contribution in [0.2, 0.25) is 0 Å². The van der Waals surface area contributed by atoms with Crippen molar-refractivity contribution in [3.8, 4) is 0 Å². The molecule has 3 aliphatic carbocycles. The first-order valence-electron chi connectivity index (χ1n) is 11.1. The van der Waals surface area contributed by atoms with Crippen LogP contribution in [0.5, 0.6) is 0 Å². The van der Waals surface area contributed by atoms with Crippen LogP contribution in [0.1, 0.15) is 86.0 Å². The second-order valence-corrected chi connectivity index (χ2v) is 9.65. The fourth-order valence-electron chi connectivity index (χ4n) is 6.73. The third-order valence-electron chi connectivity index (χ3n) is 7.79. The molecule has 0 aromatic heterocycles. The second kappa shape index (κ2) is 7.53. The number of aryl methyl sites for hydroxylation is 3. The lowest BCUT2D eigenvalue weighted by Crippen LogP contribution is -2.33. The number of fused-ring (bicyclic) bond motifs is 1. The lowest BCUT2D eigenvalue weighted by Gasteiger charge is -2.42. The zero-order valence-electron chi connectivity index (χ0n) is 17.2.